The van der Waals surface area contributed by atoms with Gasteiger partial charge < -0.3 is 24.5 Å². The van der Waals surface area contributed by atoms with Gasteiger partial charge in [-0.05, 0) is 44.9 Å². The van der Waals surface area contributed by atoms with Gasteiger partial charge in [0.15, 0.2) is 6.29 Å². The third kappa shape index (κ3) is 39.0. The van der Waals surface area contributed by atoms with Crippen molar-refractivity contribution >= 4 is 18.2 Å². The summed E-state index contributed by atoms with van der Waals surface area (Å²) in [5.74, 6) is -3.65. The van der Waals surface area contributed by atoms with Crippen LogP contribution in [0.1, 0.15) is 89.9 Å². The average molecular weight is 497 g/mol. The van der Waals surface area contributed by atoms with Crippen molar-refractivity contribution in [2.24, 2.45) is 0 Å². The SMILES string of the molecule is C=C/C=C\CCCCCCCC(OC)OC.C=C/C=C\CCCCCCCC=O.O=C(O)C(=O)O. The zero-order valence-electron chi connectivity index (χ0n) is 21.9. The van der Waals surface area contributed by atoms with Gasteiger partial charge in [0, 0.05) is 20.6 Å². The lowest BCUT2D eigenvalue weighted by Gasteiger charge is -2.12. The molecule has 0 aliphatic carbocycles. The molecular formula is C28H48O7. The molecule has 0 aromatic carbocycles. The van der Waals surface area contributed by atoms with Crippen LogP contribution in [0.5, 0.6) is 0 Å². The first-order chi connectivity index (χ1) is 16.9. The summed E-state index contributed by atoms with van der Waals surface area (Å²) < 4.78 is 10.3. The van der Waals surface area contributed by atoms with Crippen LogP contribution in [0.25, 0.3) is 0 Å². The fourth-order valence-electron chi connectivity index (χ4n) is 2.84. The predicted molar refractivity (Wildman–Crippen MR) is 142 cm³/mol. The van der Waals surface area contributed by atoms with Crippen molar-refractivity contribution in [3.63, 3.8) is 0 Å². The van der Waals surface area contributed by atoms with Gasteiger partial charge in [-0.3, -0.25) is 0 Å². The summed E-state index contributed by atoms with van der Waals surface area (Å²) >= 11 is 0. The molecule has 0 saturated carbocycles. The lowest BCUT2D eigenvalue weighted by molar-refractivity contribution is -0.159. The van der Waals surface area contributed by atoms with Crippen molar-refractivity contribution in [2.45, 2.75) is 96.2 Å². The predicted octanol–water partition coefficient (Wildman–Crippen LogP) is 6.89. The van der Waals surface area contributed by atoms with E-state index >= 15 is 0 Å². The van der Waals surface area contributed by atoms with E-state index in [2.05, 4.69) is 25.3 Å². The first-order valence-electron chi connectivity index (χ1n) is 12.4. The summed E-state index contributed by atoms with van der Waals surface area (Å²) in [7, 11) is 3.39. The van der Waals surface area contributed by atoms with E-state index in [0.717, 1.165) is 32.0 Å². The molecule has 35 heavy (non-hydrogen) atoms. The van der Waals surface area contributed by atoms with E-state index in [9.17, 15) is 4.79 Å². The average Bonchev–Trinajstić information content (AvgIpc) is 2.85. The van der Waals surface area contributed by atoms with Gasteiger partial charge in [0.2, 0.25) is 0 Å². The van der Waals surface area contributed by atoms with Crippen molar-refractivity contribution in [3.05, 3.63) is 49.6 Å². The van der Waals surface area contributed by atoms with Gasteiger partial charge in [0.1, 0.15) is 6.29 Å². The molecule has 0 aliphatic heterocycles. The maximum absolute atomic E-state index is 9.99. The lowest BCUT2D eigenvalue weighted by Crippen LogP contribution is -2.12. The molecule has 0 fully saturated rings. The molecule has 0 aromatic heterocycles. The normalized spacial score (nSPS) is 10.4. The monoisotopic (exact) mass is 496 g/mol. The number of methoxy groups -OCH3 is 2. The smallest absolute Gasteiger partial charge is 0.414 e. The fourth-order valence-corrected chi connectivity index (χ4v) is 2.84. The summed E-state index contributed by atoms with van der Waals surface area (Å²) in [5.41, 5.74) is 0. The van der Waals surface area contributed by atoms with Crippen molar-refractivity contribution in [3.8, 4) is 0 Å². The number of rotatable bonds is 20. The van der Waals surface area contributed by atoms with Crippen molar-refractivity contribution in [1.29, 1.82) is 0 Å². The van der Waals surface area contributed by atoms with Crippen LogP contribution in [0.15, 0.2) is 49.6 Å². The summed E-state index contributed by atoms with van der Waals surface area (Å²) in [6.07, 6.45) is 29.4. The number of allylic oxidation sites excluding steroid dienone is 6. The van der Waals surface area contributed by atoms with Gasteiger partial charge in [-0.2, -0.15) is 0 Å². The molecule has 0 rings (SSSR count). The number of hydrogen-bond acceptors (Lipinski definition) is 5. The van der Waals surface area contributed by atoms with Crippen LogP contribution in [0.4, 0.5) is 0 Å². The molecule has 0 aliphatic rings. The minimum atomic E-state index is -1.82. The molecule has 2 N–H and O–H groups in total. The molecule has 0 unspecified atom stereocenters. The van der Waals surface area contributed by atoms with Gasteiger partial charge in [0.05, 0.1) is 0 Å². The number of carboxylic acids is 2. The highest BCUT2D eigenvalue weighted by Gasteiger charge is 2.04. The molecule has 0 amide bonds. The van der Waals surface area contributed by atoms with E-state index < -0.39 is 11.9 Å². The lowest BCUT2D eigenvalue weighted by atomic mass is 10.1. The Balaban J connectivity index is -0.000000482. The number of carboxylic acid groups (broad SMARTS) is 2. The van der Waals surface area contributed by atoms with Crippen LogP contribution in [-0.4, -0.2) is 48.9 Å². The van der Waals surface area contributed by atoms with Crippen LogP contribution < -0.4 is 0 Å². The Morgan fingerprint density at radius 2 is 1.06 bits per heavy atom. The van der Waals surface area contributed by atoms with E-state index in [1.54, 1.807) is 14.2 Å². The molecule has 0 radical (unpaired) electrons. The highest BCUT2D eigenvalue weighted by Crippen LogP contribution is 2.10. The minimum absolute atomic E-state index is 0.0180. The third-order valence-corrected chi connectivity index (χ3v) is 4.76. The first-order valence-corrected chi connectivity index (χ1v) is 12.4. The Morgan fingerprint density at radius 1 is 0.686 bits per heavy atom. The highest BCUT2D eigenvalue weighted by molar-refractivity contribution is 6.27. The van der Waals surface area contributed by atoms with Crippen molar-refractivity contribution in [1.82, 2.24) is 0 Å². The van der Waals surface area contributed by atoms with E-state index in [-0.39, 0.29) is 6.29 Å². The second-order valence-electron chi connectivity index (χ2n) is 7.70. The van der Waals surface area contributed by atoms with Crippen LogP contribution in [0, 0.1) is 0 Å². The summed E-state index contributed by atoms with van der Waals surface area (Å²) in [5, 5.41) is 14.8. The number of ether oxygens (including phenoxy) is 2. The van der Waals surface area contributed by atoms with Gasteiger partial charge in [0.25, 0.3) is 0 Å². The van der Waals surface area contributed by atoms with Crippen LogP contribution in [0.3, 0.4) is 0 Å². The Kier molecular flexibility index (Phi) is 35.6. The van der Waals surface area contributed by atoms with E-state index in [0.29, 0.717) is 0 Å². The Hall–Kier alpha value is -2.51. The molecule has 0 aromatic rings. The molecular weight excluding hydrogens is 448 g/mol. The molecule has 0 saturated heterocycles. The van der Waals surface area contributed by atoms with Crippen molar-refractivity contribution in [2.75, 3.05) is 14.2 Å². The largest absolute Gasteiger partial charge is 0.473 e. The van der Waals surface area contributed by atoms with E-state index in [4.69, 9.17) is 29.3 Å². The number of carbonyl (C=O) groups excluding carboxylic acids is 1. The summed E-state index contributed by atoms with van der Waals surface area (Å²) in [6.45, 7) is 7.25. The second kappa shape index (κ2) is 33.7. The zero-order valence-corrected chi connectivity index (χ0v) is 21.9. The van der Waals surface area contributed by atoms with Gasteiger partial charge in [-0.25, -0.2) is 9.59 Å². The molecule has 0 bridgehead atoms. The number of unbranched alkanes of at least 4 members (excludes halogenated alkanes) is 11. The zero-order chi connectivity index (χ0) is 27.0. The molecule has 7 nitrogen and oxygen atoms in total. The number of aliphatic carboxylic acids is 2. The summed E-state index contributed by atoms with van der Waals surface area (Å²) in [6, 6.07) is 0. The van der Waals surface area contributed by atoms with Crippen LogP contribution >= 0.6 is 0 Å². The van der Waals surface area contributed by atoms with E-state index in [1.165, 1.54) is 64.2 Å². The third-order valence-electron chi connectivity index (χ3n) is 4.76. The Morgan fingerprint density at radius 3 is 1.40 bits per heavy atom. The van der Waals surface area contributed by atoms with Crippen molar-refractivity contribution < 1.29 is 34.1 Å². The first kappa shape index (κ1) is 37.0. The molecule has 202 valence electrons. The molecule has 0 spiro atoms. The molecule has 0 heterocycles. The second-order valence-corrected chi connectivity index (χ2v) is 7.70. The van der Waals surface area contributed by atoms with Gasteiger partial charge in [-0.15, -0.1) is 0 Å². The van der Waals surface area contributed by atoms with Gasteiger partial charge >= 0.3 is 11.9 Å². The van der Waals surface area contributed by atoms with Crippen LogP contribution in [-0.2, 0) is 23.9 Å². The Bertz CT molecular complexity index is 552. The Labute approximate surface area is 212 Å². The topological polar surface area (TPSA) is 110 Å². The standard InChI is InChI=1S/C14H26O2.C12H20O.C2H2O4/c1-4-5-6-7-8-9-10-11-12-13-14(15-2)16-3;1-2-3-4-5-6-7-8-9-10-11-12-13;3-1(4)2(5)6/h4-6,14H,1,7-13H2,2-3H3;2-4,12H,1,5-11H2;(H,3,4)(H,5,6)/b6-5-;4-3-;. The quantitative estimate of drug-likeness (QED) is 0.0620. The minimum Gasteiger partial charge on any atom is -0.473 e. The highest BCUT2D eigenvalue weighted by atomic mass is 16.7. The van der Waals surface area contributed by atoms with E-state index in [1.807, 2.05) is 24.3 Å². The number of aldehydes is 1. The van der Waals surface area contributed by atoms with Crippen LogP contribution in [0.2, 0.25) is 0 Å². The maximum atomic E-state index is 9.99. The number of carbonyl (C=O) groups is 3. The molecule has 7 heteroatoms. The van der Waals surface area contributed by atoms with Gasteiger partial charge in [-0.1, -0.05) is 88.1 Å². The fraction of sp³-hybridized carbons (Fsp3) is 0.607. The summed E-state index contributed by atoms with van der Waals surface area (Å²) in [4.78, 5) is 28.2. The maximum Gasteiger partial charge on any atom is 0.414 e. The molecule has 0 atom stereocenters. The number of hydrogen-bond donors (Lipinski definition) is 2.